The highest BCUT2D eigenvalue weighted by molar-refractivity contribution is 5.92. The van der Waals surface area contributed by atoms with Gasteiger partial charge in [0.05, 0.1) is 17.6 Å². The number of carbonyl (C=O) groups excluding carboxylic acids is 2. The smallest absolute Gasteiger partial charge is 0.0739 e. The Kier molecular flexibility index (Phi) is 3.20. The average Bonchev–Trinajstić information content (AvgIpc) is 1.86. The van der Waals surface area contributed by atoms with Crippen LogP contribution in [0.1, 0.15) is 0 Å². The van der Waals surface area contributed by atoms with Crippen LogP contribution in [0.4, 0.5) is 0 Å². The van der Waals surface area contributed by atoms with Crippen molar-refractivity contribution < 1.29 is 19.8 Å². The van der Waals surface area contributed by atoms with Crippen molar-refractivity contribution in [2.45, 2.75) is 0 Å². The monoisotopic (exact) mass is 155 g/mol. The molecule has 11 heavy (non-hydrogen) atoms. The fourth-order valence-electron chi connectivity index (χ4n) is 0.288. The minimum absolute atomic E-state index is 0.134. The van der Waals surface area contributed by atoms with E-state index in [1.807, 2.05) is 0 Å². The summed E-state index contributed by atoms with van der Waals surface area (Å²) in [5.41, 5.74) is 6.69. The zero-order valence-corrected chi connectivity index (χ0v) is 5.05. The van der Waals surface area contributed by atoms with Gasteiger partial charge in [0.1, 0.15) is 0 Å². The Bertz CT molecular complexity index is 259. The van der Waals surface area contributed by atoms with E-state index in [2.05, 4.69) is 10.0 Å². The molecule has 7 heteroatoms. The van der Waals surface area contributed by atoms with Gasteiger partial charge in [-0.05, 0) is 11.6 Å². The van der Waals surface area contributed by atoms with Gasteiger partial charge in [-0.3, -0.25) is 0 Å². The Hall–Kier alpha value is -2.01. The van der Waals surface area contributed by atoms with E-state index in [4.69, 9.17) is 5.53 Å². The molecule has 0 spiro atoms. The van der Waals surface area contributed by atoms with Gasteiger partial charge in [0, 0.05) is 4.91 Å². The molecule has 0 unspecified atom stereocenters. The molecule has 0 aromatic carbocycles. The quantitative estimate of drug-likeness (QED) is 0.196. The maximum Gasteiger partial charge on any atom is 0.0739 e. The number of carboxylic acid groups (broad SMARTS) is 2. The number of azide groups is 1. The van der Waals surface area contributed by atoms with Crippen LogP contribution >= 0.6 is 0 Å². The van der Waals surface area contributed by atoms with E-state index in [-0.39, 0.29) is 6.08 Å². The summed E-state index contributed by atoms with van der Waals surface area (Å²) in [5.74, 6) is -3.64. The van der Waals surface area contributed by atoms with Crippen molar-refractivity contribution >= 4 is 11.9 Å². The number of nitrogens with zero attached hydrogens (tertiary/aromatic N) is 3. The van der Waals surface area contributed by atoms with Crippen LogP contribution in [0.5, 0.6) is 0 Å². The second-order valence-corrected chi connectivity index (χ2v) is 1.33. The molecule has 0 aliphatic rings. The summed E-state index contributed by atoms with van der Waals surface area (Å²) in [6.45, 7) is 0. The molecule has 0 saturated carbocycles. The molecule has 0 aromatic heterocycles. The molecule has 0 saturated heterocycles. The molecule has 0 atom stereocenters. The Morgan fingerprint density at radius 1 is 1.45 bits per heavy atom. The SMILES string of the molecule is [N-]=[N+]=N/C(=C\C(=O)[O-])C(=O)[O-]. The van der Waals surface area contributed by atoms with Gasteiger partial charge in [0.15, 0.2) is 0 Å². The lowest BCUT2D eigenvalue weighted by Gasteiger charge is -2.00. The molecule has 0 amide bonds. The van der Waals surface area contributed by atoms with Gasteiger partial charge in [-0.15, -0.1) is 0 Å². The van der Waals surface area contributed by atoms with Gasteiger partial charge < -0.3 is 19.8 Å². The van der Waals surface area contributed by atoms with Gasteiger partial charge in [-0.2, -0.15) is 0 Å². The second-order valence-electron chi connectivity index (χ2n) is 1.33. The number of carboxylic acids is 2. The molecule has 0 aromatic rings. The normalized spacial score (nSPS) is 10.0. The number of aliphatic carboxylic acids is 2. The fourth-order valence-corrected chi connectivity index (χ4v) is 0.288. The molecule has 0 aliphatic carbocycles. The lowest BCUT2D eigenvalue weighted by molar-refractivity contribution is -0.303. The molecule has 58 valence electrons. The van der Waals surface area contributed by atoms with Crippen molar-refractivity contribution in [1.29, 1.82) is 0 Å². The van der Waals surface area contributed by atoms with Crippen molar-refractivity contribution in [3.8, 4) is 0 Å². The summed E-state index contributed by atoms with van der Waals surface area (Å²) in [7, 11) is 0. The number of rotatable bonds is 3. The van der Waals surface area contributed by atoms with Crippen LogP contribution in [-0.2, 0) is 9.59 Å². The highest BCUT2D eigenvalue weighted by atomic mass is 16.4. The number of hydrogen-bond donors (Lipinski definition) is 0. The predicted molar refractivity (Wildman–Crippen MR) is 27.2 cm³/mol. The van der Waals surface area contributed by atoms with Crippen LogP contribution in [0, 0.1) is 0 Å². The van der Waals surface area contributed by atoms with Gasteiger partial charge in [-0.25, -0.2) is 0 Å². The third-order valence-electron chi connectivity index (χ3n) is 0.616. The predicted octanol–water partition coefficient (Wildman–Crippen LogP) is -2.32. The van der Waals surface area contributed by atoms with Gasteiger partial charge >= 0.3 is 0 Å². The molecular formula is C4HN3O4-2. The Labute approximate surface area is 60.2 Å². The first-order valence-electron chi connectivity index (χ1n) is 2.27. The fraction of sp³-hybridized carbons (Fsp3) is 0. The Morgan fingerprint density at radius 2 is 2.00 bits per heavy atom. The minimum atomic E-state index is -1.87. The molecule has 7 nitrogen and oxygen atoms in total. The van der Waals surface area contributed by atoms with E-state index in [1.54, 1.807) is 0 Å². The molecule has 0 N–H and O–H groups in total. The maximum absolute atomic E-state index is 9.89. The first-order valence-corrected chi connectivity index (χ1v) is 2.27. The van der Waals surface area contributed by atoms with Crippen molar-refractivity contribution in [3.63, 3.8) is 0 Å². The number of hydrogen-bond acceptors (Lipinski definition) is 5. The molecule has 0 radical (unpaired) electrons. The summed E-state index contributed by atoms with van der Waals surface area (Å²) < 4.78 is 0. The van der Waals surface area contributed by atoms with Gasteiger partial charge in [0.2, 0.25) is 0 Å². The zero-order valence-electron chi connectivity index (χ0n) is 5.05. The van der Waals surface area contributed by atoms with E-state index in [0.717, 1.165) is 0 Å². The van der Waals surface area contributed by atoms with Crippen LogP contribution in [0.2, 0.25) is 0 Å². The highest BCUT2D eigenvalue weighted by Crippen LogP contribution is 1.93. The van der Waals surface area contributed by atoms with Crippen molar-refractivity contribution in [3.05, 3.63) is 22.2 Å². The van der Waals surface area contributed by atoms with E-state index in [0.29, 0.717) is 0 Å². The zero-order chi connectivity index (χ0) is 8.85. The van der Waals surface area contributed by atoms with E-state index in [1.165, 1.54) is 0 Å². The van der Waals surface area contributed by atoms with Crippen LogP contribution in [0.15, 0.2) is 16.9 Å². The summed E-state index contributed by atoms with van der Waals surface area (Å²) in [4.78, 5) is 21.7. The van der Waals surface area contributed by atoms with E-state index >= 15 is 0 Å². The minimum Gasteiger partial charge on any atom is -0.545 e. The lowest BCUT2D eigenvalue weighted by Crippen LogP contribution is -2.27. The third-order valence-corrected chi connectivity index (χ3v) is 0.616. The van der Waals surface area contributed by atoms with Crippen LogP contribution in [0.3, 0.4) is 0 Å². The van der Waals surface area contributed by atoms with Crippen LogP contribution in [-0.4, -0.2) is 11.9 Å². The van der Waals surface area contributed by atoms with Gasteiger partial charge in [-0.1, -0.05) is 5.11 Å². The summed E-state index contributed by atoms with van der Waals surface area (Å²) in [6, 6.07) is 0. The molecule has 0 bridgehead atoms. The highest BCUT2D eigenvalue weighted by Gasteiger charge is 1.92. The second kappa shape index (κ2) is 3.91. The van der Waals surface area contributed by atoms with Crippen molar-refractivity contribution in [1.82, 2.24) is 0 Å². The number of carbonyl (C=O) groups is 2. The van der Waals surface area contributed by atoms with Crippen molar-refractivity contribution in [2.75, 3.05) is 0 Å². The average molecular weight is 155 g/mol. The summed E-state index contributed by atoms with van der Waals surface area (Å²) in [5, 5.41) is 22.1. The summed E-state index contributed by atoms with van der Waals surface area (Å²) in [6.07, 6.45) is 0.134. The van der Waals surface area contributed by atoms with Crippen LogP contribution in [0.25, 0.3) is 10.4 Å². The summed E-state index contributed by atoms with van der Waals surface area (Å²) >= 11 is 0. The first kappa shape index (κ1) is 8.99. The molecule has 0 fully saturated rings. The Balaban J connectivity index is 4.73. The van der Waals surface area contributed by atoms with Gasteiger partial charge in [0.25, 0.3) is 0 Å². The van der Waals surface area contributed by atoms with Crippen LogP contribution < -0.4 is 10.2 Å². The first-order chi connectivity index (χ1) is 5.07. The largest absolute Gasteiger partial charge is 0.545 e. The van der Waals surface area contributed by atoms with E-state index < -0.39 is 17.6 Å². The van der Waals surface area contributed by atoms with E-state index in [9.17, 15) is 19.8 Å². The third kappa shape index (κ3) is 3.55. The standard InChI is InChI=1S/C4H3N3O4/c5-7-6-2(4(10)11)1-3(8)9/h1H,(H,8,9)(H,10,11)/p-2/b2-1-. The molecule has 0 heterocycles. The maximum atomic E-state index is 9.89. The Morgan fingerprint density at radius 3 is 2.27 bits per heavy atom. The topological polar surface area (TPSA) is 129 Å². The molecule has 0 aliphatic heterocycles. The molecule has 0 rings (SSSR count). The molecular weight excluding hydrogens is 154 g/mol. The lowest BCUT2D eigenvalue weighted by atomic mass is 10.4. The van der Waals surface area contributed by atoms with Crippen molar-refractivity contribution in [2.24, 2.45) is 5.11 Å².